The highest BCUT2D eigenvalue weighted by Crippen LogP contribution is 2.33. The molecule has 1 aromatic carbocycles. The van der Waals surface area contributed by atoms with E-state index in [1.54, 1.807) is 22.5 Å². The maximum Gasteiger partial charge on any atom is 0.243 e. The molecule has 0 spiro atoms. The lowest BCUT2D eigenvalue weighted by atomic mass is 9.94. The number of sulfonamides is 1. The van der Waals surface area contributed by atoms with Crippen molar-refractivity contribution in [1.82, 2.24) is 4.31 Å². The number of hydrogen-bond donors (Lipinski definition) is 0. The molecule has 0 amide bonds. The lowest BCUT2D eigenvalue weighted by molar-refractivity contribution is 0.222. The van der Waals surface area contributed by atoms with Gasteiger partial charge in [0.2, 0.25) is 10.0 Å². The van der Waals surface area contributed by atoms with Crippen molar-refractivity contribution >= 4 is 10.0 Å². The van der Waals surface area contributed by atoms with E-state index in [4.69, 9.17) is 9.47 Å². The van der Waals surface area contributed by atoms with E-state index in [1.807, 2.05) is 13.8 Å². The lowest BCUT2D eigenvalue weighted by Crippen LogP contribution is -2.42. The van der Waals surface area contributed by atoms with Crippen molar-refractivity contribution < 1.29 is 17.9 Å². The number of benzene rings is 1. The molecule has 1 fully saturated rings. The Hall–Kier alpha value is -1.27. The van der Waals surface area contributed by atoms with Crippen LogP contribution in [-0.4, -0.2) is 39.0 Å². The lowest BCUT2D eigenvalue weighted by Gasteiger charge is -2.34. The second-order valence-corrected chi connectivity index (χ2v) is 9.01. The van der Waals surface area contributed by atoms with Gasteiger partial charge in [0.05, 0.1) is 18.1 Å². The molecular formula is C19H31NO4S. The van der Waals surface area contributed by atoms with Crippen LogP contribution in [0.1, 0.15) is 47.0 Å². The molecule has 6 heteroatoms. The van der Waals surface area contributed by atoms with Gasteiger partial charge < -0.3 is 9.47 Å². The normalized spacial score (nSPS) is 21.9. The highest BCUT2D eigenvalue weighted by atomic mass is 32.2. The smallest absolute Gasteiger partial charge is 0.243 e. The van der Waals surface area contributed by atoms with Crippen molar-refractivity contribution in [2.24, 2.45) is 11.8 Å². The summed E-state index contributed by atoms with van der Waals surface area (Å²) < 4.78 is 39.2. The maximum absolute atomic E-state index is 13.1. The first-order valence-electron chi connectivity index (χ1n) is 9.28. The van der Waals surface area contributed by atoms with Gasteiger partial charge in [0.1, 0.15) is 0 Å². The molecule has 1 saturated heterocycles. The van der Waals surface area contributed by atoms with Crippen LogP contribution < -0.4 is 9.47 Å². The predicted molar refractivity (Wildman–Crippen MR) is 99.7 cm³/mol. The van der Waals surface area contributed by atoms with Crippen molar-refractivity contribution in [3.63, 3.8) is 0 Å². The molecule has 2 atom stereocenters. The maximum atomic E-state index is 13.1. The van der Waals surface area contributed by atoms with E-state index in [-0.39, 0.29) is 4.90 Å². The molecule has 0 aliphatic carbocycles. The first-order chi connectivity index (χ1) is 11.9. The molecule has 142 valence electrons. The van der Waals surface area contributed by atoms with Crippen LogP contribution in [0.15, 0.2) is 23.1 Å². The van der Waals surface area contributed by atoms with Gasteiger partial charge in [0, 0.05) is 19.2 Å². The summed E-state index contributed by atoms with van der Waals surface area (Å²) in [6.07, 6.45) is 2.81. The van der Waals surface area contributed by atoms with Crippen LogP contribution in [0.2, 0.25) is 0 Å². The summed E-state index contributed by atoms with van der Waals surface area (Å²) in [5.74, 6) is 1.87. The third-order valence-corrected chi connectivity index (χ3v) is 6.14. The third kappa shape index (κ3) is 5.11. The molecule has 0 bridgehead atoms. The van der Waals surface area contributed by atoms with Gasteiger partial charge in [-0.25, -0.2) is 8.42 Å². The van der Waals surface area contributed by atoms with Crippen LogP contribution in [0, 0.1) is 11.8 Å². The summed E-state index contributed by atoms with van der Waals surface area (Å²) in [7, 11) is -3.51. The summed E-state index contributed by atoms with van der Waals surface area (Å²) in [4.78, 5) is 0.281. The summed E-state index contributed by atoms with van der Waals surface area (Å²) in [5.41, 5.74) is 0. The van der Waals surface area contributed by atoms with Crippen molar-refractivity contribution in [2.45, 2.75) is 51.9 Å². The van der Waals surface area contributed by atoms with E-state index < -0.39 is 10.0 Å². The summed E-state index contributed by atoms with van der Waals surface area (Å²) in [5, 5.41) is 0. The monoisotopic (exact) mass is 369 g/mol. The molecule has 5 nitrogen and oxygen atoms in total. The molecular weight excluding hydrogens is 338 g/mol. The highest BCUT2D eigenvalue weighted by Gasteiger charge is 2.32. The molecule has 0 unspecified atom stereocenters. The van der Waals surface area contributed by atoms with Gasteiger partial charge in [-0.05, 0) is 43.2 Å². The average molecular weight is 370 g/mol. The van der Waals surface area contributed by atoms with Crippen LogP contribution in [0.4, 0.5) is 0 Å². The molecule has 0 aromatic heterocycles. The summed E-state index contributed by atoms with van der Waals surface area (Å²) in [6.45, 7) is 10.5. The topological polar surface area (TPSA) is 55.8 Å². The molecule has 2 rings (SSSR count). The standard InChI is InChI=1S/C19H31NO4S/c1-5-9-23-18-8-7-17(12-19(18)24-10-6-2)25(21,22)20-13-15(3)11-16(4)14-20/h7-8,12,15-16H,5-6,9-11,13-14H2,1-4H3/t15-,16+. The number of piperidine rings is 1. The van der Waals surface area contributed by atoms with Gasteiger partial charge in [-0.3, -0.25) is 0 Å². The van der Waals surface area contributed by atoms with E-state index in [1.165, 1.54) is 0 Å². The zero-order chi connectivity index (χ0) is 18.4. The minimum absolute atomic E-state index is 0.281. The van der Waals surface area contributed by atoms with E-state index in [2.05, 4.69) is 13.8 Å². The van der Waals surface area contributed by atoms with E-state index in [0.717, 1.165) is 19.3 Å². The average Bonchev–Trinajstić information content (AvgIpc) is 2.57. The van der Waals surface area contributed by atoms with Gasteiger partial charge in [0.25, 0.3) is 0 Å². The third-order valence-electron chi connectivity index (χ3n) is 4.31. The summed E-state index contributed by atoms with van der Waals surface area (Å²) in [6, 6.07) is 4.95. The predicted octanol–water partition coefficient (Wildman–Crippen LogP) is 3.93. The Bertz CT molecular complexity index is 649. The van der Waals surface area contributed by atoms with Gasteiger partial charge in [-0.2, -0.15) is 4.31 Å². The highest BCUT2D eigenvalue weighted by molar-refractivity contribution is 7.89. The fourth-order valence-corrected chi connectivity index (χ4v) is 4.95. The van der Waals surface area contributed by atoms with Crippen molar-refractivity contribution in [3.05, 3.63) is 18.2 Å². The second-order valence-electron chi connectivity index (χ2n) is 7.07. The van der Waals surface area contributed by atoms with Gasteiger partial charge in [-0.15, -0.1) is 0 Å². The van der Waals surface area contributed by atoms with Crippen molar-refractivity contribution in [2.75, 3.05) is 26.3 Å². The van der Waals surface area contributed by atoms with Gasteiger partial charge in [0.15, 0.2) is 11.5 Å². The molecule has 1 aliphatic rings. The largest absolute Gasteiger partial charge is 0.490 e. The first kappa shape index (κ1) is 20.0. The van der Waals surface area contributed by atoms with Crippen molar-refractivity contribution in [3.8, 4) is 11.5 Å². The van der Waals surface area contributed by atoms with E-state index in [0.29, 0.717) is 49.6 Å². The molecule has 1 aliphatic heterocycles. The minimum Gasteiger partial charge on any atom is -0.490 e. The Morgan fingerprint density at radius 3 is 2.12 bits per heavy atom. The Kier molecular flexibility index (Phi) is 7.14. The summed E-state index contributed by atoms with van der Waals surface area (Å²) >= 11 is 0. The molecule has 0 saturated carbocycles. The molecule has 25 heavy (non-hydrogen) atoms. The van der Waals surface area contributed by atoms with Gasteiger partial charge in [-0.1, -0.05) is 27.7 Å². The zero-order valence-corrected chi connectivity index (χ0v) is 16.6. The number of ether oxygens (including phenoxy) is 2. The van der Waals surface area contributed by atoms with E-state index >= 15 is 0 Å². The Labute approximate surface area is 152 Å². The fraction of sp³-hybridized carbons (Fsp3) is 0.684. The van der Waals surface area contributed by atoms with Crippen LogP contribution in [0.3, 0.4) is 0 Å². The fourth-order valence-electron chi connectivity index (χ4n) is 3.26. The molecule has 1 aromatic rings. The quantitative estimate of drug-likeness (QED) is 0.697. The first-order valence-corrected chi connectivity index (χ1v) is 10.7. The number of hydrogen-bond acceptors (Lipinski definition) is 4. The molecule has 0 radical (unpaired) electrons. The Morgan fingerprint density at radius 2 is 1.56 bits per heavy atom. The second kappa shape index (κ2) is 8.90. The van der Waals surface area contributed by atoms with Crippen LogP contribution >= 0.6 is 0 Å². The number of rotatable bonds is 8. The SMILES string of the molecule is CCCOc1ccc(S(=O)(=O)N2C[C@H](C)C[C@H](C)C2)cc1OCCC. The Balaban J connectivity index is 2.30. The molecule has 1 heterocycles. The Morgan fingerprint density at radius 1 is 1.00 bits per heavy atom. The zero-order valence-electron chi connectivity index (χ0n) is 15.8. The van der Waals surface area contributed by atoms with Crippen molar-refractivity contribution in [1.29, 1.82) is 0 Å². The van der Waals surface area contributed by atoms with Gasteiger partial charge >= 0.3 is 0 Å². The van der Waals surface area contributed by atoms with E-state index in [9.17, 15) is 8.42 Å². The van der Waals surface area contributed by atoms with Crippen LogP contribution in [-0.2, 0) is 10.0 Å². The minimum atomic E-state index is -3.51. The van der Waals surface area contributed by atoms with Crippen LogP contribution in [0.5, 0.6) is 11.5 Å². The van der Waals surface area contributed by atoms with Crippen LogP contribution in [0.25, 0.3) is 0 Å². The number of nitrogens with zero attached hydrogens (tertiary/aromatic N) is 1. The molecule has 0 N–H and O–H groups in total.